The molecule has 3 aromatic rings. The van der Waals surface area contributed by atoms with Gasteiger partial charge in [-0.1, -0.05) is 187 Å². The summed E-state index contributed by atoms with van der Waals surface area (Å²) in [6.45, 7) is 12.7. The lowest BCUT2D eigenvalue weighted by molar-refractivity contribution is -0.121. The topological polar surface area (TPSA) is 163 Å². The molecular formula is C69H106O9S3. The van der Waals surface area contributed by atoms with Crippen molar-refractivity contribution in [1.82, 2.24) is 0 Å². The standard InChI is InChI=1S/C34H54O3S.C21H32O3S.C14H20O3S/c1-23(2)7-6-8-24(3)30-15-16-31-29-14-11-27-22-26(21-25-9-12-28(13-10-25)38(35,36)37)17-19-33(27,4)32(29)18-20-34(30,31)5;22-25(23,24)20-14-11-17(12-15-20)13-16-21(18-7-3-1-4-8-18)19-9-5-2-6-10-19;15-18(16,17)14-10-8-13(9-11-14)7-6-12-4-2-1-3-5-12/h9-10,12-13,23-24,26-27,29-32H,6-8,11,14-22H2,1-5H3,(H,35,36,37);11-12,14-15,18-19,21H,1-10,13,16H2,(H,22,23,24);8-12H,1-7H2,(H,15,16,17)/t24?,26?,27?,29?,30?,31?,32?,33-,34+;;/m0../s1. The van der Waals surface area contributed by atoms with Crippen LogP contribution in [-0.4, -0.2) is 38.9 Å². The van der Waals surface area contributed by atoms with Gasteiger partial charge in [0.05, 0.1) is 14.7 Å². The van der Waals surface area contributed by atoms with Crippen molar-refractivity contribution in [2.24, 2.45) is 81.8 Å². The van der Waals surface area contributed by atoms with Crippen LogP contribution in [0.1, 0.15) is 238 Å². The Labute approximate surface area is 492 Å². The molecule has 454 valence electrons. The Kier molecular flexibility index (Phi) is 22.8. The molecule has 7 unspecified atom stereocenters. The van der Waals surface area contributed by atoms with Gasteiger partial charge in [0.2, 0.25) is 0 Å². The normalized spacial score (nSPS) is 29.1. The van der Waals surface area contributed by atoms with E-state index in [1.165, 1.54) is 222 Å². The zero-order valence-corrected chi connectivity index (χ0v) is 52.9. The Balaban J connectivity index is 0.000000172. The largest absolute Gasteiger partial charge is 0.294 e. The van der Waals surface area contributed by atoms with Gasteiger partial charge >= 0.3 is 0 Å². The fourth-order valence-electron chi connectivity index (χ4n) is 18.5. The van der Waals surface area contributed by atoms with Crippen LogP contribution in [0.25, 0.3) is 0 Å². The van der Waals surface area contributed by atoms with Gasteiger partial charge in [0.1, 0.15) is 0 Å². The smallest absolute Gasteiger partial charge is 0.282 e. The van der Waals surface area contributed by atoms with Crippen LogP contribution >= 0.6 is 0 Å². The van der Waals surface area contributed by atoms with Crippen LogP contribution in [0.2, 0.25) is 0 Å². The van der Waals surface area contributed by atoms with E-state index in [0.29, 0.717) is 16.7 Å². The Morgan fingerprint density at radius 3 is 1.44 bits per heavy atom. The summed E-state index contributed by atoms with van der Waals surface area (Å²) in [6.07, 6.45) is 43.2. The van der Waals surface area contributed by atoms with Gasteiger partial charge in [0, 0.05) is 0 Å². The van der Waals surface area contributed by atoms with Crippen LogP contribution in [0.15, 0.2) is 87.5 Å². The molecule has 10 rings (SSSR count). The lowest BCUT2D eigenvalue weighted by Crippen LogP contribution is -2.53. The van der Waals surface area contributed by atoms with Crippen molar-refractivity contribution in [3.63, 3.8) is 0 Å². The van der Waals surface area contributed by atoms with Gasteiger partial charge in [-0.3, -0.25) is 13.7 Å². The molecule has 12 heteroatoms. The van der Waals surface area contributed by atoms with Crippen molar-refractivity contribution < 1.29 is 38.9 Å². The average molecular weight is 1180 g/mol. The van der Waals surface area contributed by atoms with E-state index in [4.69, 9.17) is 9.11 Å². The van der Waals surface area contributed by atoms with Crippen LogP contribution < -0.4 is 0 Å². The molecule has 7 aliphatic rings. The molecular weight excluding hydrogens is 1070 g/mol. The fraction of sp³-hybridized carbons (Fsp3) is 0.739. The number of rotatable bonds is 18. The summed E-state index contributed by atoms with van der Waals surface area (Å²) in [5.41, 5.74) is 4.62. The van der Waals surface area contributed by atoms with E-state index in [-0.39, 0.29) is 14.7 Å². The lowest BCUT2D eigenvalue weighted by atomic mass is 9.44. The summed E-state index contributed by atoms with van der Waals surface area (Å²) in [6, 6.07) is 20.2. The molecule has 0 amide bonds. The second kappa shape index (κ2) is 28.7. The van der Waals surface area contributed by atoms with E-state index in [9.17, 15) is 29.8 Å². The summed E-state index contributed by atoms with van der Waals surface area (Å²) < 4.78 is 94.3. The average Bonchev–Trinajstić information content (AvgIpc) is 4.09. The van der Waals surface area contributed by atoms with Gasteiger partial charge in [0.25, 0.3) is 30.4 Å². The highest BCUT2D eigenvalue weighted by molar-refractivity contribution is 7.86. The van der Waals surface area contributed by atoms with Gasteiger partial charge in [-0.15, -0.1) is 0 Å². The number of aryl methyl sites for hydroxylation is 2. The van der Waals surface area contributed by atoms with Gasteiger partial charge < -0.3 is 0 Å². The minimum absolute atomic E-state index is 0.000747. The zero-order valence-electron chi connectivity index (χ0n) is 50.5. The third kappa shape index (κ3) is 17.3. The maximum atomic E-state index is 11.4. The minimum Gasteiger partial charge on any atom is -0.282 e. The summed E-state index contributed by atoms with van der Waals surface area (Å²) in [4.78, 5) is -0.0320. The molecule has 9 nitrogen and oxygen atoms in total. The number of hydrogen-bond donors (Lipinski definition) is 3. The molecule has 0 radical (unpaired) electrons. The molecule has 3 aromatic carbocycles. The Bertz CT molecular complexity index is 2720. The summed E-state index contributed by atoms with van der Waals surface area (Å²) in [7, 11) is -12.3. The maximum Gasteiger partial charge on any atom is 0.294 e. The highest BCUT2D eigenvalue weighted by Gasteiger charge is 2.60. The first-order valence-corrected chi connectivity index (χ1v) is 37.0. The van der Waals surface area contributed by atoms with Crippen LogP contribution in [0.5, 0.6) is 0 Å². The molecule has 7 aliphatic carbocycles. The van der Waals surface area contributed by atoms with E-state index in [1.54, 1.807) is 24.3 Å². The van der Waals surface area contributed by atoms with Gasteiger partial charge in [0.15, 0.2) is 0 Å². The lowest BCUT2D eigenvalue weighted by Gasteiger charge is -2.61. The van der Waals surface area contributed by atoms with Gasteiger partial charge in [-0.05, 0) is 225 Å². The first kappa shape index (κ1) is 64.4. The monoisotopic (exact) mass is 1170 g/mol. The Hall–Kier alpha value is -2.61. The van der Waals surface area contributed by atoms with Crippen LogP contribution in [0.4, 0.5) is 0 Å². The SMILES string of the molecule is CC(C)CCCC(C)C1CCC2C3CCC4CC(Cc5ccc(S(=O)(=O)O)cc5)CC[C@]4(C)C3CC[C@]12C.O=S(=O)(O)c1ccc(CCC(C2CCCCC2)C2CCCCC2)cc1.O=S(=O)(O)c1ccc(CCC2CCCCC2)cc1. The van der Waals surface area contributed by atoms with E-state index in [0.717, 1.165) is 89.9 Å². The summed E-state index contributed by atoms with van der Waals surface area (Å²) in [5, 5.41) is 0. The van der Waals surface area contributed by atoms with Gasteiger partial charge in [-0.25, -0.2) is 0 Å². The number of hydrogen-bond acceptors (Lipinski definition) is 6. The second-order valence-electron chi connectivity index (χ2n) is 28.4. The fourth-order valence-corrected chi connectivity index (χ4v) is 19.9. The third-order valence-electron chi connectivity index (χ3n) is 23.0. The number of benzene rings is 3. The third-order valence-corrected chi connectivity index (χ3v) is 25.6. The van der Waals surface area contributed by atoms with Crippen molar-refractivity contribution in [3.05, 3.63) is 89.5 Å². The molecule has 0 bridgehead atoms. The summed E-state index contributed by atoms with van der Waals surface area (Å²) in [5.74, 6) is 10.5. The van der Waals surface area contributed by atoms with Crippen molar-refractivity contribution in [1.29, 1.82) is 0 Å². The predicted molar refractivity (Wildman–Crippen MR) is 329 cm³/mol. The van der Waals surface area contributed by atoms with E-state index < -0.39 is 30.4 Å². The first-order valence-electron chi connectivity index (χ1n) is 32.7. The van der Waals surface area contributed by atoms with Crippen molar-refractivity contribution in [3.8, 4) is 0 Å². The van der Waals surface area contributed by atoms with Crippen LogP contribution in [-0.2, 0) is 49.6 Å². The molecule has 0 aromatic heterocycles. The highest BCUT2D eigenvalue weighted by atomic mass is 32.2. The summed E-state index contributed by atoms with van der Waals surface area (Å²) >= 11 is 0. The van der Waals surface area contributed by atoms with E-state index in [1.807, 2.05) is 24.3 Å². The van der Waals surface area contributed by atoms with Crippen molar-refractivity contribution in [2.75, 3.05) is 0 Å². The molecule has 0 heterocycles. The number of fused-ring (bicyclic) bond motifs is 5. The predicted octanol–water partition coefficient (Wildman–Crippen LogP) is 18.3. The molecule has 7 fully saturated rings. The van der Waals surface area contributed by atoms with E-state index in [2.05, 4.69) is 34.6 Å². The van der Waals surface area contributed by atoms with Crippen molar-refractivity contribution in [2.45, 2.75) is 255 Å². The highest BCUT2D eigenvalue weighted by Crippen LogP contribution is 2.69. The molecule has 3 N–H and O–H groups in total. The molecule has 0 aliphatic heterocycles. The van der Waals surface area contributed by atoms with Crippen LogP contribution in [0, 0.1) is 81.8 Å². The first-order chi connectivity index (χ1) is 38.5. The van der Waals surface area contributed by atoms with Gasteiger partial charge in [-0.2, -0.15) is 25.3 Å². The second-order valence-corrected chi connectivity index (χ2v) is 32.7. The quantitative estimate of drug-likeness (QED) is 0.105. The molecule has 0 spiro atoms. The zero-order chi connectivity index (χ0) is 58.0. The minimum atomic E-state index is -4.11. The Morgan fingerprint density at radius 1 is 0.469 bits per heavy atom. The Morgan fingerprint density at radius 2 is 0.938 bits per heavy atom. The maximum absolute atomic E-state index is 11.4. The molecule has 0 saturated heterocycles. The molecule has 81 heavy (non-hydrogen) atoms. The molecule has 9 atom stereocenters. The van der Waals surface area contributed by atoms with E-state index >= 15 is 0 Å². The van der Waals surface area contributed by atoms with Crippen molar-refractivity contribution >= 4 is 30.4 Å². The van der Waals surface area contributed by atoms with Crippen LogP contribution in [0.3, 0.4) is 0 Å². The molecule has 7 saturated carbocycles.